The summed E-state index contributed by atoms with van der Waals surface area (Å²) in [6, 6.07) is 24.8. The lowest BCUT2D eigenvalue weighted by Crippen LogP contribution is -2.28. The minimum absolute atomic E-state index is 0.282. The summed E-state index contributed by atoms with van der Waals surface area (Å²) in [4.78, 5) is 1.49. The van der Waals surface area contributed by atoms with Crippen LogP contribution in [-0.4, -0.2) is 14.2 Å². The Kier molecular flexibility index (Phi) is 6.72. The second kappa shape index (κ2) is 9.22. The normalized spacial score (nSPS) is 14.4. The topological polar surface area (TPSA) is 46.2 Å². The van der Waals surface area contributed by atoms with Crippen molar-refractivity contribution in [3.8, 4) is 0 Å². The van der Waals surface area contributed by atoms with E-state index in [9.17, 15) is 8.42 Å². The molecule has 3 rings (SSSR count). The Bertz CT molecular complexity index is 863. The predicted molar refractivity (Wildman–Crippen MR) is 112 cm³/mol. The summed E-state index contributed by atoms with van der Waals surface area (Å²) in [5.41, 5.74) is 3.23. The van der Waals surface area contributed by atoms with Gasteiger partial charge in [-0.25, -0.2) is 8.93 Å². The molecule has 0 saturated carbocycles. The lowest BCUT2D eigenvalue weighted by Gasteiger charge is -2.18. The van der Waals surface area contributed by atoms with Crippen molar-refractivity contribution >= 4 is 21.8 Å². The number of aryl methyl sites for hydroxylation is 2. The van der Waals surface area contributed by atoms with Crippen molar-refractivity contribution in [1.82, 2.24) is 4.72 Å². The zero-order chi connectivity index (χ0) is 19.2. The number of nitrogens with one attached hydrogen (secondary N) is 1. The van der Waals surface area contributed by atoms with Crippen molar-refractivity contribution < 1.29 is 8.42 Å². The van der Waals surface area contributed by atoms with Crippen LogP contribution in [0.25, 0.3) is 0 Å². The van der Waals surface area contributed by atoms with E-state index in [1.807, 2.05) is 92.7 Å². The van der Waals surface area contributed by atoms with Crippen molar-refractivity contribution in [1.29, 1.82) is 0 Å². The van der Waals surface area contributed by atoms with Gasteiger partial charge in [0.15, 0.2) is 0 Å². The first-order valence-corrected chi connectivity index (χ1v) is 11.2. The first kappa shape index (κ1) is 19.7. The zero-order valence-corrected chi connectivity index (χ0v) is 17.1. The minimum atomic E-state index is -1.38. The lowest BCUT2D eigenvalue weighted by atomic mass is 10.1. The molecule has 0 aromatic heterocycles. The average molecular weight is 398 g/mol. The SMILES string of the molecule is Cc1ccc(S(=O)C[C@@H](NS(=O)c2ccc(C)cc2)c2ccccc2)cc1. The van der Waals surface area contributed by atoms with Gasteiger partial charge < -0.3 is 0 Å². The van der Waals surface area contributed by atoms with Gasteiger partial charge in [-0.2, -0.15) is 0 Å². The maximum Gasteiger partial charge on any atom is 0.125 e. The van der Waals surface area contributed by atoms with E-state index in [1.54, 1.807) is 0 Å². The fraction of sp³-hybridized carbons (Fsp3) is 0.182. The van der Waals surface area contributed by atoms with Crippen molar-refractivity contribution in [2.75, 3.05) is 5.75 Å². The summed E-state index contributed by atoms with van der Waals surface area (Å²) in [5, 5.41) is 0. The van der Waals surface area contributed by atoms with E-state index in [4.69, 9.17) is 0 Å². The van der Waals surface area contributed by atoms with Crippen LogP contribution in [0.15, 0.2) is 88.7 Å². The van der Waals surface area contributed by atoms with Crippen LogP contribution >= 0.6 is 0 Å². The van der Waals surface area contributed by atoms with Crippen molar-refractivity contribution in [3.05, 3.63) is 95.6 Å². The summed E-state index contributed by atoms with van der Waals surface area (Å²) in [5.74, 6) is 0.352. The first-order valence-electron chi connectivity index (χ1n) is 8.77. The van der Waals surface area contributed by atoms with Gasteiger partial charge in [-0.05, 0) is 43.7 Å². The fourth-order valence-electron chi connectivity index (χ4n) is 2.68. The summed E-state index contributed by atoms with van der Waals surface area (Å²) >= 11 is 0. The van der Waals surface area contributed by atoms with Crippen molar-refractivity contribution in [2.45, 2.75) is 29.7 Å². The van der Waals surface area contributed by atoms with Gasteiger partial charge in [-0.3, -0.25) is 4.21 Å². The molecular formula is C22H23NO2S2. The summed E-state index contributed by atoms with van der Waals surface area (Å²) in [6.07, 6.45) is 0. The van der Waals surface area contributed by atoms with Gasteiger partial charge in [0.2, 0.25) is 0 Å². The summed E-state index contributed by atoms with van der Waals surface area (Å²) < 4.78 is 28.8. The molecule has 3 nitrogen and oxygen atoms in total. The van der Waals surface area contributed by atoms with Crippen molar-refractivity contribution in [3.63, 3.8) is 0 Å². The molecule has 2 unspecified atom stereocenters. The Morgan fingerprint density at radius 2 is 1.26 bits per heavy atom. The molecule has 0 aliphatic heterocycles. The van der Waals surface area contributed by atoms with Gasteiger partial charge in [0.05, 0.1) is 21.7 Å². The van der Waals surface area contributed by atoms with Gasteiger partial charge in [0.25, 0.3) is 0 Å². The van der Waals surface area contributed by atoms with E-state index < -0.39 is 21.8 Å². The molecule has 140 valence electrons. The van der Waals surface area contributed by atoms with Crippen LogP contribution in [0.1, 0.15) is 22.7 Å². The molecule has 0 spiro atoms. The molecular weight excluding hydrogens is 374 g/mol. The number of hydrogen-bond donors (Lipinski definition) is 1. The van der Waals surface area contributed by atoms with E-state index in [-0.39, 0.29) is 6.04 Å². The van der Waals surface area contributed by atoms with Crippen molar-refractivity contribution in [2.24, 2.45) is 0 Å². The van der Waals surface area contributed by atoms with Crippen LogP contribution in [0.5, 0.6) is 0 Å². The number of hydrogen-bond acceptors (Lipinski definition) is 2. The van der Waals surface area contributed by atoms with Gasteiger partial charge in [0.1, 0.15) is 11.0 Å². The molecule has 0 heterocycles. The van der Waals surface area contributed by atoms with Crippen LogP contribution in [0, 0.1) is 13.8 Å². The highest BCUT2D eigenvalue weighted by Crippen LogP contribution is 2.20. The van der Waals surface area contributed by atoms with Gasteiger partial charge in [-0.1, -0.05) is 65.7 Å². The Morgan fingerprint density at radius 1 is 0.741 bits per heavy atom. The number of rotatable bonds is 7. The fourth-order valence-corrected chi connectivity index (χ4v) is 4.99. The third kappa shape index (κ3) is 5.45. The molecule has 3 aromatic carbocycles. The molecule has 0 aliphatic carbocycles. The largest absolute Gasteiger partial charge is 0.254 e. The van der Waals surface area contributed by atoms with E-state index in [0.717, 1.165) is 21.6 Å². The molecule has 3 atom stereocenters. The smallest absolute Gasteiger partial charge is 0.125 e. The Morgan fingerprint density at radius 3 is 1.81 bits per heavy atom. The maximum atomic E-state index is 12.9. The van der Waals surface area contributed by atoms with E-state index >= 15 is 0 Å². The van der Waals surface area contributed by atoms with Crippen LogP contribution in [0.4, 0.5) is 0 Å². The molecule has 0 amide bonds. The van der Waals surface area contributed by atoms with Gasteiger partial charge >= 0.3 is 0 Å². The quantitative estimate of drug-likeness (QED) is 0.640. The molecule has 0 radical (unpaired) electrons. The van der Waals surface area contributed by atoms with Gasteiger partial charge in [0, 0.05) is 10.6 Å². The second-order valence-corrected chi connectivity index (χ2v) is 9.23. The molecule has 27 heavy (non-hydrogen) atoms. The summed E-state index contributed by atoms with van der Waals surface area (Å²) in [7, 11) is -2.58. The maximum absolute atomic E-state index is 12.9. The highest BCUT2D eigenvalue weighted by atomic mass is 32.2. The number of benzene rings is 3. The van der Waals surface area contributed by atoms with Crippen LogP contribution in [-0.2, 0) is 21.8 Å². The first-order chi connectivity index (χ1) is 13.0. The Labute approximate surface area is 165 Å². The molecule has 0 saturated heterocycles. The van der Waals surface area contributed by atoms with Crippen LogP contribution in [0.3, 0.4) is 0 Å². The molecule has 0 aliphatic rings. The molecule has 1 N–H and O–H groups in total. The van der Waals surface area contributed by atoms with E-state index in [1.165, 1.54) is 0 Å². The molecule has 3 aromatic rings. The highest BCUT2D eigenvalue weighted by molar-refractivity contribution is 7.85. The van der Waals surface area contributed by atoms with Crippen LogP contribution < -0.4 is 4.72 Å². The standard InChI is InChI=1S/C22H23NO2S2/c1-17-8-12-20(13-9-17)26(24)16-22(19-6-4-3-5-7-19)23-27(25)21-14-10-18(2)11-15-21/h3-15,22-23H,16H2,1-2H3/t22-,26?,27?/m1/s1. The summed E-state index contributed by atoms with van der Waals surface area (Å²) in [6.45, 7) is 4.00. The zero-order valence-electron chi connectivity index (χ0n) is 15.4. The lowest BCUT2D eigenvalue weighted by molar-refractivity contribution is 0.645. The van der Waals surface area contributed by atoms with Crippen LogP contribution in [0.2, 0.25) is 0 Å². The Balaban J connectivity index is 1.81. The predicted octanol–water partition coefficient (Wildman–Crippen LogP) is 4.46. The highest BCUT2D eigenvalue weighted by Gasteiger charge is 2.19. The molecule has 5 heteroatoms. The Hall–Kier alpha value is -2.08. The molecule has 0 bridgehead atoms. The minimum Gasteiger partial charge on any atom is -0.254 e. The second-order valence-electron chi connectivity index (χ2n) is 6.49. The third-order valence-electron chi connectivity index (χ3n) is 4.29. The van der Waals surface area contributed by atoms with E-state index in [2.05, 4.69) is 4.72 Å². The average Bonchev–Trinajstić information content (AvgIpc) is 2.69. The van der Waals surface area contributed by atoms with E-state index in [0.29, 0.717) is 10.6 Å². The molecule has 0 fully saturated rings. The van der Waals surface area contributed by atoms with Gasteiger partial charge in [-0.15, -0.1) is 0 Å². The monoisotopic (exact) mass is 397 g/mol. The third-order valence-corrected chi connectivity index (χ3v) is 6.92.